The van der Waals surface area contributed by atoms with Crippen molar-refractivity contribution in [2.45, 2.75) is 6.04 Å². The van der Waals surface area contributed by atoms with E-state index in [4.69, 9.17) is 27.9 Å². The van der Waals surface area contributed by atoms with Crippen LogP contribution in [0.4, 0.5) is 0 Å². The number of halogens is 2. The number of aromatic nitrogens is 1. The molecule has 0 bridgehead atoms. The standard InChI is InChI=1S/C24H18Cl2N2O3/c1-31-17-5-2-4-15(12-17)24(30)28-21(14-7-9-16(25)10-8-14)19-13-20(26)18-6-3-11-27-22(18)23(19)29/h2-13,21,29H,1H3,(H,28,30)/t21-/m1/s1. The summed E-state index contributed by atoms with van der Waals surface area (Å²) >= 11 is 12.5. The number of fused-ring (bicyclic) bond motifs is 1. The molecule has 5 nitrogen and oxygen atoms in total. The fourth-order valence-electron chi connectivity index (χ4n) is 3.40. The Bertz CT molecular complexity index is 1260. The molecule has 0 aliphatic heterocycles. The summed E-state index contributed by atoms with van der Waals surface area (Å²) in [5.74, 6) is 0.179. The molecule has 0 unspecified atom stereocenters. The lowest BCUT2D eigenvalue weighted by molar-refractivity contribution is 0.0942. The molecule has 2 N–H and O–H groups in total. The molecule has 0 saturated carbocycles. The number of nitrogens with one attached hydrogen (secondary N) is 1. The van der Waals surface area contributed by atoms with Gasteiger partial charge in [-0.1, -0.05) is 41.4 Å². The molecule has 156 valence electrons. The number of pyridine rings is 1. The number of phenolic OH excluding ortho intramolecular Hbond substituents is 1. The molecule has 1 amide bonds. The van der Waals surface area contributed by atoms with Crippen LogP contribution in [0.5, 0.6) is 11.5 Å². The van der Waals surface area contributed by atoms with Crippen molar-refractivity contribution in [3.63, 3.8) is 0 Å². The first-order chi connectivity index (χ1) is 15.0. The van der Waals surface area contributed by atoms with Gasteiger partial charge in [0.15, 0.2) is 0 Å². The molecule has 0 aliphatic rings. The summed E-state index contributed by atoms with van der Waals surface area (Å²) in [6, 6.07) is 18.3. The number of carbonyl (C=O) groups is 1. The Balaban J connectivity index is 1.82. The molecular formula is C24H18Cl2N2O3. The zero-order valence-electron chi connectivity index (χ0n) is 16.5. The van der Waals surface area contributed by atoms with Gasteiger partial charge in [0.2, 0.25) is 0 Å². The summed E-state index contributed by atoms with van der Waals surface area (Å²) in [6.07, 6.45) is 1.58. The van der Waals surface area contributed by atoms with Crippen LogP contribution < -0.4 is 10.1 Å². The highest BCUT2D eigenvalue weighted by atomic mass is 35.5. The minimum Gasteiger partial charge on any atom is -0.505 e. The number of benzene rings is 3. The van der Waals surface area contributed by atoms with E-state index in [0.29, 0.717) is 37.8 Å². The van der Waals surface area contributed by atoms with E-state index in [1.165, 1.54) is 7.11 Å². The molecule has 1 atom stereocenters. The average molecular weight is 453 g/mol. The maximum atomic E-state index is 13.1. The second kappa shape index (κ2) is 8.84. The van der Waals surface area contributed by atoms with E-state index >= 15 is 0 Å². The lowest BCUT2D eigenvalue weighted by Crippen LogP contribution is -2.29. The Morgan fingerprint density at radius 3 is 2.58 bits per heavy atom. The molecule has 1 aromatic heterocycles. The van der Waals surface area contributed by atoms with Gasteiger partial charge in [-0.2, -0.15) is 0 Å². The van der Waals surface area contributed by atoms with E-state index in [-0.39, 0.29) is 11.7 Å². The highest BCUT2D eigenvalue weighted by molar-refractivity contribution is 6.35. The maximum Gasteiger partial charge on any atom is 0.252 e. The highest BCUT2D eigenvalue weighted by Gasteiger charge is 2.24. The lowest BCUT2D eigenvalue weighted by Gasteiger charge is -2.22. The minimum absolute atomic E-state index is 0.0501. The molecule has 0 aliphatic carbocycles. The fraction of sp³-hybridized carbons (Fsp3) is 0.0833. The normalized spacial score (nSPS) is 11.8. The van der Waals surface area contributed by atoms with Crippen LogP contribution in [0.3, 0.4) is 0 Å². The van der Waals surface area contributed by atoms with Crippen molar-refractivity contribution in [1.29, 1.82) is 0 Å². The smallest absolute Gasteiger partial charge is 0.252 e. The Kier molecular flexibility index (Phi) is 5.98. The van der Waals surface area contributed by atoms with Crippen molar-refractivity contribution in [3.8, 4) is 11.5 Å². The Morgan fingerprint density at radius 2 is 1.84 bits per heavy atom. The first kappa shape index (κ1) is 21.0. The van der Waals surface area contributed by atoms with Gasteiger partial charge in [-0.15, -0.1) is 0 Å². The van der Waals surface area contributed by atoms with Gasteiger partial charge in [-0.25, -0.2) is 0 Å². The van der Waals surface area contributed by atoms with Gasteiger partial charge >= 0.3 is 0 Å². The molecule has 4 rings (SSSR count). The largest absolute Gasteiger partial charge is 0.505 e. The Hall–Kier alpha value is -3.28. The SMILES string of the molecule is COc1cccc(C(=O)N[C@H](c2ccc(Cl)cc2)c2cc(Cl)c3cccnc3c2O)c1. The van der Waals surface area contributed by atoms with Gasteiger partial charge in [-0.3, -0.25) is 9.78 Å². The molecule has 3 aromatic carbocycles. The second-order valence-corrected chi connectivity index (χ2v) is 7.73. The second-order valence-electron chi connectivity index (χ2n) is 6.89. The monoisotopic (exact) mass is 452 g/mol. The number of hydrogen-bond acceptors (Lipinski definition) is 4. The highest BCUT2D eigenvalue weighted by Crippen LogP contribution is 2.38. The van der Waals surface area contributed by atoms with E-state index in [9.17, 15) is 9.90 Å². The Morgan fingerprint density at radius 1 is 1.06 bits per heavy atom. The van der Waals surface area contributed by atoms with Gasteiger partial charge < -0.3 is 15.2 Å². The molecule has 1 heterocycles. The number of phenols is 1. The van der Waals surface area contributed by atoms with Crippen molar-refractivity contribution in [3.05, 3.63) is 99.7 Å². The summed E-state index contributed by atoms with van der Waals surface area (Å²) in [4.78, 5) is 17.3. The molecule has 31 heavy (non-hydrogen) atoms. The number of ether oxygens (including phenoxy) is 1. The maximum absolute atomic E-state index is 13.1. The van der Waals surface area contributed by atoms with Gasteiger partial charge in [0, 0.05) is 27.7 Å². The van der Waals surface area contributed by atoms with E-state index in [0.717, 1.165) is 5.56 Å². The van der Waals surface area contributed by atoms with Gasteiger partial charge in [0.05, 0.1) is 18.2 Å². The van der Waals surface area contributed by atoms with Crippen molar-refractivity contribution in [1.82, 2.24) is 10.3 Å². The van der Waals surface area contributed by atoms with Crippen LogP contribution in [-0.2, 0) is 0 Å². The zero-order valence-corrected chi connectivity index (χ0v) is 18.0. The number of aromatic hydroxyl groups is 1. The number of rotatable bonds is 5. The third-order valence-electron chi connectivity index (χ3n) is 4.97. The average Bonchev–Trinajstić information content (AvgIpc) is 2.80. The fourth-order valence-corrected chi connectivity index (χ4v) is 3.80. The van der Waals surface area contributed by atoms with Crippen LogP contribution in [-0.4, -0.2) is 23.1 Å². The molecular weight excluding hydrogens is 435 g/mol. The number of methoxy groups -OCH3 is 1. The topological polar surface area (TPSA) is 71.5 Å². The van der Waals surface area contributed by atoms with E-state index < -0.39 is 6.04 Å². The zero-order chi connectivity index (χ0) is 22.0. The number of amides is 1. The molecule has 7 heteroatoms. The van der Waals surface area contributed by atoms with Crippen LogP contribution in [0.2, 0.25) is 10.0 Å². The molecule has 0 radical (unpaired) electrons. The van der Waals surface area contributed by atoms with Crippen molar-refractivity contribution in [2.24, 2.45) is 0 Å². The minimum atomic E-state index is -0.695. The van der Waals surface area contributed by atoms with Gasteiger partial charge in [0.1, 0.15) is 17.0 Å². The van der Waals surface area contributed by atoms with Crippen molar-refractivity contribution < 1.29 is 14.6 Å². The van der Waals surface area contributed by atoms with E-state index in [1.807, 2.05) is 0 Å². The third-order valence-corrected chi connectivity index (χ3v) is 5.53. The first-order valence-corrected chi connectivity index (χ1v) is 10.2. The number of hydrogen-bond donors (Lipinski definition) is 2. The molecule has 0 fully saturated rings. The molecule has 0 saturated heterocycles. The number of nitrogens with zero attached hydrogens (tertiary/aromatic N) is 1. The lowest BCUT2D eigenvalue weighted by atomic mass is 9.95. The molecule has 4 aromatic rings. The predicted octanol–water partition coefficient (Wildman–Crippen LogP) is 5.78. The van der Waals surface area contributed by atoms with E-state index in [2.05, 4.69) is 10.3 Å². The van der Waals surface area contributed by atoms with Crippen molar-refractivity contribution >= 4 is 40.0 Å². The van der Waals surface area contributed by atoms with Crippen LogP contribution in [0.1, 0.15) is 27.5 Å². The Labute approximate surface area is 189 Å². The van der Waals surface area contributed by atoms with Crippen LogP contribution in [0, 0.1) is 0 Å². The molecule has 0 spiro atoms. The first-order valence-electron chi connectivity index (χ1n) is 9.44. The van der Waals surface area contributed by atoms with E-state index in [1.54, 1.807) is 72.9 Å². The summed E-state index contributed by atoms with van der Waals surface area (Å²) < 4.78 is 5.22. The van der Waals surface area contributed by atoms with Gasteiger partial charge in [-0.05, 0) is 54.1 Å². The third kappa shape index (κ3) is 4.29. The van der Waals surface area contributed by atoms with Crippen molar-refractivity contribution in [2.75, 3.05) is 7.11 Å². The number of carbonyl (C=O) groups excluding carboxylic acids is 1. The summed E-state index contributed by atoms with van der Waals surface area (Å²) in [5, 5.41) is 15.6. The van der Waals surface area contributed by atoms with Gasteiger partial charge in [0.25, 0.3) is 5.91 Å². The van der Waals surface area contributed by atoms with Crippen LogP contribution in [0.15, 0.2) is 72.9 Å². The summed E-state index contributed by atoms with van der Waals surface area (Å²) in [7, 11) is 1.54. The van der Waals surface area contributed by atoms with Crippen LogP contribution >= 0.6 is 23.2 Å². The quantitative estimate of drug-likeness (QED) is 0.402. The summed E-state index contributed by atoms with van der Waals surface area (Å²) in [5.41, 5.74) is 1.93. The predicted molar refractivity (Wildman–Crippen MR) is 122 cm³/mol. The summed E-state index contributed by atoms with van der Waals surface area (Å²) in [6.45, 7) is 0. The van der Waals surface area contributed by atoms with Crippen LogP contribution in [0.25, 0.3) is 10.9 Å².